The van der Waals surface area contributed by atoms with Crippen molar-refractivity contribution in [1.29, 1.82) is 0 Å². The Balaban J connectivity index is 2.49. The zero-order valence-corrected chi connectivity index (χ0v) is 12.9. The molecule has 1 heterocycles. The second-order valence-corrected chi connectivity index (χ2v) is 5.77. The van der Waals surface area contributed by atoms with E-state index in [1.165, 1.54) is 13.4 Å². The van der Waals surface area contributed by atoms with Gasteiger partial charge in [-0.1, -0.05) is 13.8 Å². The Kier molecular flexibility index (Phi) is 6.45. The summed E-state index contributed by atoms with van der Waals surface area (Å²) in [6.07, 6.45) is 5.84. The summed E-state index contributed by atoms with van der Waals surface area (Å²) in [7, 11) is 1.36. The summed E-state index contributed by atoms with van der Waals surface area (Å²) in [5.74, 6) is 0.387. The molecule has 0 aliphatic rings. The SMILES string of the molecule is CCC(CC)(CNCc1cc(C(=O)OC)co1)SC. The lowest BCUT2D eigenvalue weighted by atomic mass is 10.0. The van der Waals surface area contributed by atoms with Crippen molar-refractivity contribution in [3.05, 3.63) is 23.7 Å². The normalized spacial score (nSPS) is 11.6. The number of carbonyl (C=O) groups excluding carboxylic acids is 1. The molecule has 19 heavy (non-hydrogen) atoms. The van der Waals surface area contributed by atoms with Crippen LogP contribution < -0.4 is 5.32 Å². The molecule has 1 rings (SSSR count). The van der Waals surface area contributed by atoms with Crippen molar-refractivity contribution in [2.45, 2.75) is 38.0 Å². The van der Waals surface area contributed by atoms with E-state index >= 15 is 0 Å². The molecule has 0 saturated heterocycles. The molecule has 0 atom stereocenters. The molecule has 0 amide bonds. The first-order valence-corrected chi connectivity index (χ1v) is 7.74. The van der Waals surface area contributed by atoms with Crippen LogP contribution in [-0.2, 0) is 11.3 Å². The van der Waals surface area contributed by atoms with Gasteiger partial charge in [0.15, 0.2) is 0 Å². The highest BCUT2D eigenvalue weighted by molar-refractivity contribution is 8.00. The molecule has 0 unspecified atom stereocenters. The van der Waals surface area contributed by atoms with Crippen LogP contribution in [0.3, 0.4) is 0 Å². The predicted octanol–water partition coefficient (Wildman–Crippen LogP) is 3.08. The maximum absolute atomic E-state index is 11.3. The number of methoxy groups -OCH3 is 1. The quantitative estimate of drug-likeness (QED) is 0.744. The molecule has 0 saturated carbocycles. The molecule has 0 spiro atoms. The topological polar surface area (TPSA) is 51.5 Å². The van der Waals surface area contributed by atoms with Crippen LogP contribution in [0, 0.1) is 0 Å². The maximum atomic E-state index is 11.3. The molecule has 108 valence electrons. The van der Waals surface area contributed by atoms with Gasteiger partial charge in [0, 0.05) is 11.3 Å². The minimum Gasteiger partial charge on any atom is -0.467 e. The van der Waals surface area contributed by atoms with Crippen LogP contribution in [-0.4, -0.2) is 30.6 Å². The molecule has 0 fully saturated rings. The van der Waals surface area contributed by atoms with Crippen LogP contribution >= 0.6 is 11.8 Å². The van der Waals surface area contributed by atoms with Gasteiger partial charge in [-0.25, -0.2) is 4.79 Å². The third-order valence-electron chi connectivity index (χ3n) is 3.54. The molecular weight excluding hydrogens is 262 g/mol. The Bertz CT molecular complexity index is 391. The first kappa shape index (κ1) is 16.1. The molecule has 4 nitrogen and oxygen atoms in total. The summed E-state index contributed by atoms with van der Waals surface area (Å²) in [4.78, 5) is 11.3. The molecular formula is C14H23NO3S. The van der Waals surface area contributed by atoms with Gasteiger partial charge < -0.3 is 14.5 Å². The fourth-order valence-electron chi connectivity index (χ4n) is 1.97. The summed E-state index contributed by atoms with van der Waals surface area (Å²) in [6.45, 7) is 5.97. The molecule has 0 aliphatic carbocycles. The second-order valence-electron chi connectivity index (χ2n) is 4.49. The Morgan fingerprint density at radius 3 is 2.68 bits per heavy atom. The predicted molar refractivity (Wildman–Crippen MR) is 78.6 cm³/mol. The van der Waals surface area contributed by atoms with Gasteiger partial charge in [-0.3, -0.25) is 0 Å². The van der Waals surface area contributed by atoms with Gasteiger partial charge in [0.2, 0.25) is 0 Å². The Morgan fingerprint density at radius 2 is 2.16 bits per heavy atom. The van der Waals surface area contributed by atoms with E-state index in [-0.39, 0.29) is 10.7 Å². The van der Waals surface area contributed by atoms with E-state index in [0.29, 0.717) is 12.1 Å². The minimum atomic E-state index is -0.365. The van der Waals surface area contributed by atoms with E-state index in [9.17, 15) is 4.79 Å². The van der Waals surface area contributed by atoms with E-state index in [1.807, 2.05) is 11.8 Å². The number of furan rings is 1. The summed E-state index contributed by atoms with van der Waals surface area (Å²) in [6, 6.07) is 1.72. The Hall–Kier alpha value is -0.940. The van der Waals surface area contributed by atoms with E-state index < -0.39 is 0 Å². The van der Waals surface area contributed by atoms with Gasteiger partial charge in [-0.2, -0.15) is 11.8 Å². The zero-order chi connectivity index (χ0) is 14.3. The van der Waals surface area contributed by atoms with Crippen LogP contribution in [0.1, 0.15) is 42.8 Å². The number of esters is 1. The summed E-state index contributed by atoms with van der Waals surface area (Å²) >= 11 is 1.90. The monoisotopic (exact) mass is 285 g/mol. The van der Waals surface area contributed by atoms with Gasteiger partial charge in [0.05, 0.1) is 19.2 Å². The lowest BCUT2D eigenvalue weighted by Gasteiger charge is -2.29. The summed E-state index contributed by atoms with van der Waals surface area (Å²) in [5.41, 5.74) is 0.460. The van der Waals surface area contributed by atoms with Crippen molar-refractivity contribution in [3.63, 3.8) is 0 Å². The Morgan fingerprint density at radius 1 is 1.47 bits per heavy atom. The third kappa shape index (κ3) is 4.28. The number of carbonyl (C=O) groups is 1. The highest BCUT2D eigenvalue weighted by Crippen LogP contribution is 2.29. The van der Waals surface area contributed by atoms with Crippen molar-refractivity contribution >= 4 is 17.7 Å². The fraction of sp³-hybridized carbons (Fsp3) is 0.643. The second kappa shape index (κ2) is 7.60. The molecule has 1 aromatic rings. The van der Waals surface area contributed by atoms with Gasteiger partial charge in [-0.15, -0.1) is 0 Å². The summed E-state index contributed by atoms with van der Waals surface area (Å²) in [5, 5.41) is 3.40. The first-order chi connectivity index (χ1) is 9.10. The minimum absolute atomic E-state index is 0.276. The fourth-order valence-corrected chi connectivity index (χ4v) is 2.80. The van der Waals surface area contributed by atoms with E-state index in [2.05, 4.69) is 30.2 Å². The van der Waals surface area contributed by atoms with Gasteiger partial charge in [-0.05, 0) is 25.2 Å². The van der Waals surface area contributed by atoms with Crippen molar-refractivity contribution in [1.82, 2.24) is 5.32 Å². The lowest BCUT2D eigenvalue weighted by Crippen LogP contribution is -2.36. The smallest absolute Gasteiger partial charge is 0.341 e. The average Bonchev–Trinajstić information content (AvgIpc) is 2.92. The van der Waals surface area contributed by atoms with Crippen molar-refractivity contribution in [3.8, 4) is 0 Å². The first-order valence-electron chi connectivity index (χ1n) is 6.52. The lowest BCUT2D eigenvalue weighted by molar-refractivity contribution is 0.0600. The highest BCUT2D eigenvalue weighted by Gasteiger charge is 2.24. The van der Waals surface area contributed by atoms with Crippen LogP contribution in [0.4, 0.5) is 0 Å². The number of rotatable bonds is 8. The zero-order valence-electron chi connectivity index (χ0n) is 12.1. The van der Waals surface area contributed by atoms with E-state index in [4.69, 9.17) is 4.42 Å². The van der Waals surface area contributed by atoms with Gasteiger partial charge in [0.1, 0.15) is 12.0 Å². The standard InChI is InChI=1S/C14H23NO3S/c1-5-14(6-2,19-4)10-15-8-12-7-11(9-18-12)13(16)17-3/h7,9,15H,5-6,8,10H2,1-4H3. The van der Waals surface area contributed by atoms with Crippen molar-refractivity contribution in [2.75, 3.05) is 19.9 Å². The van der Waals surface area contributed by atoms with Crippen molar-refractivity contribution in [2.24, 2.45) is 0 Å². The number of hydrogen-bond acceptors (Lipinski definition) is 5. The largest absolute Gasteiger partial charge is 0.467 e. The molecule has 5 heteroatoms. The van der Waals surface area contributed by atoms with Gasteiger partial charge >= 0.3 is 5.97 Å². The molecule has 0 bridgehead atoms. The van der Waals surface area contributed by atoms with E-state index in [1.54, 1.807) is 6.07 Å². The van der Waals surface area contributed by atoms with Gasteiger partial charge in [0.25, 0.3) is 0 Å². The van der Waals surface area contributed by atoms with Crippen LogP contribution in [0.15, 0.2) is 16.7 Å². The molecule has 0 aromatic carbocycles. The maximum Gasteiger partial charge on any atom is 0.341 e. The number of thioether (sulfide) groups is 1. The van der Waals surface area contributed by atoms with Crippen LogP contribution in [0.25, 0.3) is 0 Å². The highest BCUT2D eigenvalue weighted by atomic mass is 32.2. The Labute approximate surface area is 119 Å². The number of nitrogens with one attached hydrogen (secondary N) is 1. The third-order valence-corrected chi connectivity index (χ3v) is 5.13. The molecule has 0 radical (unpaired) electrons. The van der Waals surface area contributed by atoms with Crippen molar-refractivity contribution < 1.29 is 13.9 Å². The molecule has 1 N–H and O–H groups in total. The number of hydrogen-bond donors (Lipinski definition) is 1. The van der Waals surface area contributed by atoms with E-state index in [0.717, 1.165) is 25.1 Å². The number of ether oxygens (including phenoxy) is 1. The van der Waals surface area contributed by atoms with Crippen LogP contribution in [0.5, 0.6) is 0 Å². The summed E-state index contributed by atoms with van der Waals surface area (Å²) < 4.78 is 10.2. The van der Waals surface area contributed by atoms with Crippen LogP contribution in [0.2, 0.25) is 0 Å². The molecule has 0 aliphatic heterocycles. The average molecular weight is 285 g/mol. The molecule has 1 aromatic heterocycles.